The molecule has 0 saturated heterocycles. The SMILES string of the molecule is CCS(=O)(=O)Nc1cc2oc(-c3ccc(F)cc3)c(C(=O)NC)c2cc1-c1ccc(O)c(-c2cc3ccccc3[nH]2)c1. The summed E-state index contributed by atoms with van der Waals surface area (Å²) in [4.78, 5) is 16.4. The van der Waals surface area contributed by atoms with Crippen molar-refractivity contribution in [2.24, 2.45) is 0 Å². The van der Waals surface area contributed by atoms with Gasteiger partial charge in [0.25, 0.3) is 5.91 Å². The predicted molar refractivity (Wildman–Crippen MR) is 162 cm³/mol. The van der Waals surface area contributed by atoms with Gasteiger partial charge in [-0.2, -0.15) is 0 Å². The number of fused-ring (bicyclic) bond motifs is 2. The number of para-hydroxylation sites is 1. The van der Waals surface area contributed by atoms with Crippen molar-refractivity contribution in [2.45, 2.75) is 6.92 Å². The Kier molecular flexibility index (Phi) is 6.70. The number of amides is 1. The number of sulfonamides is 1. The summed E-state index contributed by atoms with van der Waals surface area (Å²) in [5, 5.41) is 14.8. The first kappa shape index (κ1) is 27.1. The van der Waals surface area contributed by atoms with Crippen LogP contribution in [-0.4, -0.2) is 37.2 Å². The Bertz CT molecular complexity index is 2060. The number of aromatic amines is 1. The van der Waals surface area contributed by atoms with E-state index in [0.29, 0.717) is 33.3 Å². The first-order valence-electron chi connectivity index (χ1n) is 13.2. The number of rotatable bonds is 7. The predicted octanol–water partition coefficient (Wildman–Crippen LogP) is 6.88. The van der Waals surface area contributed by atoms with E-state index in [1.165, 1.54) is 50.4 Å². The summed E-state index contributed by atoms with van der Waals surface area (Å²) < 4.78 is 47.9. The molecule has 0 atom stereocenters. The quantitative estimate of drug-likeness (QED) is 0.163. The second kappa shape index (κ2) is 10.4. The highest BCUT2D eigenvalue weighted by Gasteiger charge is 2.25. The lowest BCUT2D eigenvalue weighted by Crippen LogP contribution is -2.18. The summed E-state index contributed by atoms with van der Waals surface area (Å²) >= 11 is 0. The largest absolute Gasteiger partial charge is 0.507 e. The summed E-state index contributed by atoms with van der Waals surface area (Å²) in [6.45, 7) is 1.53. The third-order valence-electron chi connectivity index (χ3n) is 7.16. The number of carbonyl (C=O) groups is 1. The van der Waals surface area contributed by atoms with Crippen LogP contribution in [0.2, 0.25) is 0 Å². The molecule has 0 aliphatic heterocycles. The molecule has 8 nitrogen and oxygen atoms in total. The Morgan fingerprint density at radius 1 is 0.952 bits per heavy atom. The molecule has 0 aliphatic rings. The highest BCUT2D eigenvalue weighted by Crippen LogP contribution is 2.42. The third-order valence-corrected chi connectivity index (χ3v) is 8.45. The number of furan rings is 1. The third kappa shape index (κ3) is 4.86. The zero-order valence-corrected chi connectivity index (χ0v) is 23.5. The molecule has 6 rings (SSSR count). The highest BCUT2D eigenvalue weighted by molar-refractivity contribution is 7.92. The maximum atomic E-state index is 13.7. The molecule has 4 N–H and O–H groups in total. The van der Waals surface area contributed by atoms with Crippen LogP contribution in [0.3, 0.4) is 0 Å². The van der Waals surface area contributed by atoms with Crippen LogP contribution in [0.4, 0.5) is 10.1 Å². The second-order valence-electron chi connectivity index (χ2n) is 9.79. The van der Waals surface area contributed by atoms with Gasteiger partial charge in [0.2, 0.25) is 10.0 Å². The average molecular weight is 584 g/mol. The van der Waals surface area contributed by atoms with Crippen molar-refractivity contribution in [3.63, 3.8) is 0 Å². The minimum absolute atomic E-state index is 0.0371. The molecule has 0 fully saturated rings. The van der Waals surface area contributed by atoms with E-state index in [-0.39, 0.29) is 34.1 Å². The lowest BCUT2D eigenvalue weighted by Gasteiger charge is -2.14. The van der Waals surface area contributed by atoms with Gasteiger partial charge in [0.15, 0.2) is 0 Å². The van der Waals surface area contributed by atoms with Gasteiger partial charge in [-0.1, -0.05) is 24.3 Å². The lowest BCUT2D eigenvalue weighted by atomic mass is 9.96. The smallest absolute Gasteiger partial charge is 0.255 e. The number of nitrogens with one attached hydrogen (secondary N) is 3. The van der Waals surface area contributed by atoms with Gasteiger partial charge in [-0.3, -0.25) is 9.52 Å². The summed E-state index contributed by atoms with van der Waals surface area (Å²) in [5.74, 6) is -0.772. The molecule has 212 valence electrons. The van der Waals surface area contributed by atoms with Gasteiger partial charge in [-0.15, -0.1) is 0 Å². The monoisotopic (exact) mass is 583 g/mol. The van der Waals surface area contributed by atoms with Gasteiger partial charge in [-0.05, 0) is 67.1 Å². The molecule has 0 spiro atoms. The number of benzene rings is 4. The number of phenolic OH excluding ortho intramolecular Hbond substituents is 1. The van der Waals surface area contributed by atoms with Crippen molar-refractivity contribution in [3.05, 3.63) is 96.3 Å². The first-order valence-corrected chi connectivity index (χ1v) is 14.8. The average Bonchev–Trinajstić information content (AvgIpc) is 3.58. The van der Waals surface area contributed by atoms with E-state index < -0.39 is 21.7 Å². The zero-order chi connectivity index (χ0) is 29.6. The molecule has 2 aromatic heterocycles. The highest BCUT2D eigenvalue weighted by atomic mass is 32.2. The lowest BCUT2D eigenvalue weighted by molar-refractivity contribution is 0.0964. The number of hydrogen-bond donors (Lipinski definition) is 4. The molecular formula is C32H26FN3O5S. The summed E-state index contributed by atoms with van der Waals surface area (Å²) in [6, 6.07) is 23.4. The van der Waals surface area contributed by atoms with Crippen molar-refractivity contribution >= 4 is 43.5 Å². The molecule has 0 aliphatic carbocycles. The minimum atomic E-state index is -3.71. The number of phenols is 1. The van der Waals surface area contributed by atoms with Gasteiger partial charge in [0.05, 0.1) is 22.7 Å². The maximum absolute atomic E-state index is 13.7. The number of halogens is 1. The second-order valence-corrected chi connectivity index (χ2v) is 11.8. The van der Waals surface area contributed by atoms with E-state index in [0.717, 1.165) is 10.9 Å². The van der Waals surface area contributed by atoms with Gasteiger partial charge >= 0.3 is 0 Å². The fourth-order valence-electron chi connectivity index (χ4n) is 5.00. The summed E-state index contributed by atoms with van der Waals surface area (Å²) in [5.41, 5.74) is 4.35. The number of aromatic nitrogens is 1. The van der Waals surface area contributed by atoms with E-state index >= 15 is 0 Å². The fraction of sp³-hybridized carbons (Fsp3) is 0.0938. The maximum Gasteiger partial charge on any atom is 0.255 e. The van der Waals surface area contributed by atoms with E-state index in [9.17, 15) is 22.7 Å². The number of carbonyl (C=O) groups excluding carboxylic acids is 1. The molecule has 4 aromatic carbocycles. The van der Waals surface area contributed by atoms with Crippen LogP contribution in [0, 0.1) is 5.82 Å². The van der Waals surface area contributed by atoms with Gasteiger partial charge in [0.1, 0.15) is 22.9 Å². The van der Waals surface area contributed by atoms with Crippen molar-refractivity contribution in [3.8, 4) is 39.5 Å². The van der Waals surface area contributed by atoms with Crippen LogP contribution >= 0.6 is 0 Å². The number of anilines is 1. The van der Waals surface area contributed by atoms with E-state index in [2.05, 4.69) is 15.0 Å². The van der Waals surface area contributed by atoms with Crippen LogP contribution < -0.4 is 10.0 Å². The Hall–Kier alpha value is -5.09. The number of hydrogen-bond acceptors (Lipinski definition) is 5. The van der Waals surface area contributed by atoms with E-state index in [1.807, 2.05) is 30.3 Å². The molecule has 1 amide bonds. The standard InChI is InChI=1S/C32H26FN3O5S/c1-3-42(39,40)36-27-17-29-24(30(32(38)34-2)31(41-29)18-8-11-21(33)12-9-18)16-22(27)19-10-13-28(37)23(14-19)26-15-20-6-4-5-7-25(20)35-26/h4-17,35-37H,3H2,1-2H3,(H,34,38). The molecule has 0 saturated carbocycles. The number of aromatic hydroxyl groups is 1. The van der Waals surface area contributed by atoms with Gasteiger partial charge in [0, 0.05) is 46.1 Å². The van der Waals surface area contributed by atoms with Crippen LogP contribution in [0.15, 0.2) is 89.3 Å². The first-order chi connectivity index (χ1) is 20.2. The Morgan fingerprint density at radius 2 is 1.69 bits per heavy atom. The number of H-pyrrole nitrogens is 1. The minimum Gasteiger partial charge on any atom is -0.507 e. The summed E-state index contributed by atoms with van der Waals surface area (Å²) in [7, 11) is -2.22. The molecule has 6 aromatic rings. The zero-order valence-electron chi connectivity index (χ0n) is 22.7. The van der Waals surface area contributed by atoms with Crippen LogP contribution in [-0.2, 0) is 10.0 Å². The Balaban J connectivity index is 1.60. The van der Waals surface area contributed by atoms with Crippen molar-refractivity contribution in [1.82, 2.24) is 10.3 Å². The summed E-state index contributed by atoms with van der Waals surface area (Å²) in [6.07, 6.45) is 0. The Labute approximate surface area is 240 Å². The molecule has 0 unspecified atom stereocenters. The van der Waals surface area contributed by atoms with Crippen LogP contribution in [0.5, 0.6) is 5.75 Å². The molecular weight excluding hydrogens is 557 g/mol. The Morgan fingerprint density at radius 3 is 2.40 bits per heavy atom. The molecule has 0 radical (unpaired) electrons. The molecule has 0 bridgehead atoms. The van der Waals surface area contributed by atoms with E-state index in [1.54, 1.807) is 18.2 Å². The van der Waals surface area contributed by atoms with Crippen molar-refractivity contribution < 1.29 is 27.1 Å². The van der Waals surface area contributed by atoms with Crippen molar-refractivity contribution in [2.75, 3.05) is 17.5 Å². The van der Waals surface area contributed by atoms with E-state index in [4.69, 9.17) is 4.42 Å². The molecule has 42 heavy (non-hydrogen) atoms. The van der Waals surface area contributed by atoms with Gasteiger partial charge in [-0.25, -0.2) is 12.8 Å². The molecule has 10 heteroatoms. The van der Waals surface area contributed by atoms with Crippen LogP contribution in [0.1, 0.15) is 17.3 Å². The van der Waals surface area contributed by atoms with Gasteiger partial charge < -0.3 is 19.8 Å². The topological polar surface area (TPSA) is 124 Å². The molecule has 2 heterocycles. The van der Waals surface area contributed by atoms with Crippen LogP contribution in [0.25, 0.3) is 55.6 Å². The van der Waals surface area contributed by atoms with Crippen molar-refractivity contribution in [1.29, 1.82) is 0 Å². The fourth-order valence-corrected chi connectivity index (χ4v) is 5.65. The normalized spacial score (nSPS) is 11.7.